The molecule has 0 amide bonds. The van der Waals surface area contributed by atoms with E-state index in [1.807, 2.05) is 0 Å². The van der Waals surface area contributed by atoms with Crippen molar-refractivity contribution in [2.45, 2.75) is 72.6 Å². The Morgan fingerprint density at radius 2 is 1.80 bits per heavy atom. The van der Waals surface area contributed by atoms with Crippen LogP contribution in [0.4, 0.5) is 0 Å². The topological polar surface area (TPSA) is 53.5 Å². The average Bonchev–Trinajstić information content (AvgIpc) is 2.35. The monoisotopic (exact) mass is 288 g/mol. The summed E-state index contributed by atoms with van der Waals surface area (Å²) in [4.78, 5) is 0. The number of aliphatic hydroxyl groups excluding tert-OH is 1. The highest BCUT2D eigenvalue weighted by Crippen LogP contribution is 2.16. The predicted octanol–water partition coefficient (Wildman–Crippen LogP) is 2.52. The third kappa shape index (κ3) is 12.9. The highest BCUT2D eigenvalue weighted by Gasteiger charge is 2.11. The second-order valence-electron chi connectivity index (χ2n) is 6.70. The van der Waals surface area contributed by atoms with Crippen LogP contribution in [0, 0.1) is 5.41 Å². The summed E-state index contributed by atoms with van der Waals surface area (Å²) in [6.45, 7) is 13.7. The van der Waals surface area contributed by atoms with Crippen LogP contribution in [0.15, 0.2) is 0 Å². The summed E-state index contributed by atoms with van der Waals surface area (Å²) < 4.78 is 5.48. The van der Waals surface area contributed by atoms with Gasteiger partial charge in [-0.05, 0) is 31.2 Å². The zero-order valence-corrected chi connectivity index (χ0v) is 14.2. The molecule has 0 aromatic rings. The van der Waals surface area contributed by atoms with Crippen LogP contribution in [0.1, 0.15) is 60.3 Å². The highest BCUT2D eigenvalue weighted by molar-refractivity contribution is 4.65. The third-order valence-corrected chi connectivity index (χ3v) is 3.34. The molecular weight excluding hydrogens is 252 g/mol. The molecule has 2 atom stereocenters. The smallest absolute Gasteiger partial charge is 0.128 e. The Labute approximate surface area is 125 Å². The lowest BCUT2D eigenvalue weighted by Gasteiger charge is -2.20. The molecular formula is C16H36N2O2. The van der Waals surface area contributed by atoms with Gasteiger partial charge in [-0.1, -0.05) is 41.0 Å². The molecule has 0 heterocycles. The Kier molecular flexibility index (Phi) is 11.4. The first-order chi connectivity index (χ1) is 9.39. The summed E-state index contributed by atoms with van der Waals surface area (Å²) >= 11 is 0. The van der Waals surface area contributed by atoms with E-state index in [1.165, 1.54) is 12.8 Å². The van der Waals surface area contributed by atoms with E-state index in [1.54, 1.807) is 0 Å². The molecule has 0 spiro atoms. The van der Waals surface area contributed by atoms with Gasteiger partial charge in [0.05, 0.1) is 13.2 Å². The molecule has 3 N–H and O–H groups in total. The van der Waals surface area contributed by atoms with Gasteiger partial charge in [-0.15, -0.1) is 0 Å². The summed E-state index contributed by atoms with van der Waals surface area (Å²) in [5, 5.41) is 16.3. The van der Waals surface area contributed by atoms with E-state index < -0.39 is 6.23 Å². The maximum absolute atomic E-state index is 9.73. The first kappa shape index (κ1) is 19.8. The predicted molar refractivity (Wildman–Crippen MR) is 85.9 cm³/mol. The number of ether oxygens (including phenoxy) is 1. The first-order valence-corrected chi connectivity index (χ1v) is 8.11. The van der Waals surface area contributed by atoms with E-state index in [4.69, 9.17) is 4.74 Å². The molecule has 20 heavy (non-hydrogen) atoms. The fourth-order valence-electron chi connectivity index (χ4n) is 2.00. The van der Waals surface area contributed by atoms with Crippen molar-refractivity contribution in [3.8, 4) is 0 Å². The molecule has 0 saturated carbocycles. The van der Waals surface area contributed by atoms with Crippen LogP contribution in [0.25, 0.3) is 0 Å². The quantitative estimate of drug-likeness (QED) is 0.381. The number of nitrogens with one attached hydrogen (secondary N) is 2. The number of aliphatic hydroxyl groups is 1. The minimum atomic E-state index is -0.560. The summed E-state index contributed by atoms with van der Waals surface area (Å²) in [7, 11) is 0. The van der Waals surface area contributed by atoms with Crippen LogP contribution < -0.4 is 10.6 Å². The van der Waals surface area contributed by atoms with Crippen molar-refractivity contribution in [1.82, 2.24) is 10.6 Å². The SMILES string of the molecule is CCCC(CC)NCCOCC(O)NCCC(C)(C)C. The molecule has 4 heteroatoms. The molecule has 0 aromatic carbocycles. The van der Waals surface area contributed by atoms with Gasteiger partial charge < -0.3 is 15.2 Å². The lowest BCUT2D eigenvalue weighted by atomic mass is 9.92. The van der Waals surface area contributed by atoms with Crippen LogP contribution in [0.2, 0.25) is 0 Å². The molecule has 0 aliphatic rings. The zero-order chi connectivity index (χ0) is 15.4. The van der Waals surface area contributed by atoms with Crippen LogP contribution >= 0.6 is 0 Å². The van der Waals surface area contributed by atoms with Crippen molar-refractivity contribution in [1.29, 1.82) is 0 Å². The maximum Gasteiger partial charge on any atom is 0.128 e. The van der Waals surface area contributed by atoms with Gasteiger partial charge in [0.2, 0.25) is 0 Å². The summed E-state index contributed by atoms with van der Waals surface area (Å²) in [6, 6.07) is 0.596. The standard InChI is InChI=1S/C16H36N2O2/c1-6-8-14(7-2)17-11-12-20-13-15(19)18-10-9-16(3,4)5/h14-15,17-19H,6-13H2,1-5H3. The van der Waals surface area contributed by atoms with Crippen LogP contribution in [-0.2, 0) is 4.74 Å². The number of hydrogen-bond acceptors (Lipinski definition) is 4. The van der Waals surface area contributed by atoms with E-state index in [0.717, 1.165) is 25.9 Å². The van der Waals surface area contributed by atoms with Crippen molar-refractivity contribution in [2.75, 3.05) is 26.3 Å². The Hall–Kier alpha value is -0.160. The molecule has 122 valence electrons. The van der Waals surface area contributed by atoms with Gasteiger partial charge in [-0.3, -0.25) is 5.32 Å². The average molecular weight is 288 g/mol. The second-order valence-corrected chi connectivity index (χ2v) is 6.70. The molecule has 0 radical (unpaired) electrons. The van der Waals surface area contributed by atoms with E-state index >= 15 is 0 Å². The fraction of sp³-hybridized carbons (Fsp3) is 1.00. The summed E-state index contributed by atoms with van der Waals surface area (Å²) in [5.74, 6) is 0. The largest absolute Gasteiger partial charge is 0.376 e. The van der Waals surface area contributed by atoms with E-state index in [0.29, 0.717) is 24.7 Å². The Bertz CT molecular complexity index is 217. The van der Waals surface area contributed by atoms with Crippen molar-refractivity contribution in [3.05, 3.63) is 0 Å². The fourth-order valence-corrected chi connectivity index (χ4v) is 2.00. The van der Waals surface area contributed by atoms with E-state index in [9.17, 15) is 5.11 Å². The molecule has 2 unspecified atom stereocenters. The lowest BCUT2D eigenvalue weighted by Crippen LogP contribution is -2.36. The van der Waals surface area contributed by atoms with Gasteiger partial charge in [0.15, 0.2) is 0 Å². The Morgan fingerprint density at radius 3 is 2.35 bits per heavy atom. The first-order valence-electron chi connectivity index (χ1n) is 8.11. The molecule has 0 saturated heterocycles. The summed E-state index contributed by atoms with van der Waals surface area (Å²) in [5.41, 5.74) is 0.298. The normalized spacial score (nSPS) is 15.3. The van der Waals surface area contributed by atoms with Gasteiger partial charge in [0.1, 0.15) is 6.23 Å². The van der Waals surface area contributed by atoms with E-state index in [-0.39, 0.29) is 0 Å². The molecule has 0 bridgehead atoms. The van der Waals surface area contributed by atoms with Gasteiger partial charge >= 0.3 is 0 Å². The van der Waals surface area contributed by atoms with Crippen molar-refractivity contribution in [2.24, 2.45) is 5.41 Å². The van der Waals surface area contributed by atoms with Crippen molar-refractivity contribution < 1.29 is 9.84 Å². The maximum atomic E-state index is 9.73. The second kappa shape index (κ2) is 11.5. The molecule has 0 rings (SSSR count). The lowest BCUT2D eigenvalue weighted by molar-refractivity contribution is 0.0182. The number of hydrogen-bond donors (Lipinski definition) is 3. The van der Waals surface area contributed by atoms with Gasteiger partial charge in [-0.25, -0.2) is 0 Å². The van der Waals surface area contributed by atoms with Crippen LogP contribution in [-0.4, -0.2) is 43.7 Å². The van der Waals surface area contributed by atoms with Crippen LogP contribution in [0.5, 0.6) is 0 Å². The molecule has 4 nitrogen and oxygen atoms in total. The van der Waals surface area contributed by atoms with Crippen LogP contribution in [0.3, 0.4) is 0 Å². The zero-order valence-electron chi connectivity index (χ0n) is 14.2. The Balaban J connectivity index is 3.45. The van der Waals surface area contributed by atoms with Gasteiger partial charge in [0.25, 0.3) is 0 Å². The molecule has 0 fully saturated rings. The third-order valence-electron chi connectivity index (χ3n) is 3.34. The molecule has 0 aliphatic carbocycles. The Morgan fingerprint density at radius 1 is 1.10 bits per heavy atom. The van der Waals surface area contributed by atoms with Gasteiger partial charge in [-0.2, -0.15) is 0 Å². The van der Waals surface area contributed by atoms with E-state index in [2.05, 4.69) is 45.3 Å². The van der Waals surface area contributed by atoms with Crippen molar-refractivity contribution >= 4 is 0 Å². The molecule has 0 aliphatic heterocycles. The summed E-state index contributed by atoms with van der Waals surface area (Å²) in [6.07, 6.45) is 4.07. The van der Waals surface area contributed by atoms with Crippen molar-refractivity contribution in [3.63, 3.8) is 0 Å². The highest BCUT2D eigenvalue weighted by atomic mass is 16.5. The molecule has 0 aromatic heterocycles. The number of rotatable bonds is 12. The van der Waals surface area contributed by atoms with Gasteiger partial charge in [0, 0.05) is 12.6 Å². The minimum absolute atomic E-state index is 0.298. The minimum Gasteiger partial charge on any atom is -0.376 e.